The molecular formula is C12H11NO2. The lowest BCUT2D eigenvalue weighted by atomic mass is 10.0. The number of aromatic carboxylic acids is 1. The standard InChI is InChI=1S/C12H11NO2/c1-8-4-5-9(12(14)15)10(7-8)11-3-2-6-13-11/h2-7,13H,1H3,(H,14,15). The first-order chi connectivity index (χ1) is 7.18. The molecule has 0 unspecified atom stereocenters. The van der Waals surface area contributed by atoms with Gasteiger partial charge >= 0.3 is 5.97 Å². The average molecular weight is 201 g/mol. The Hall–Kier alpha value is -2.03. The first-order valence-electron chi connectivity index (χ1n) is 4.66. The number of hydrogen-bond acceptors (Lipinski definition) is 1. The molecule has 3 heteroatoms. The van der Waals surface area contributed by atoms with Crippen LogP contribution in [0.3, 0.4) is 0 Å². The summed E-state index contributed by atoms with van der Waals surface area (Å²) in [6.45, 7) is 1.94. The molecule has 0 aliphatic rings. The fraction of sp³-hybridized carbons (Fsp3) is 0.0833. The van der Waals surface area contributed by atoms with Crippen LogP contribution in [-0.4, -0.2) is 16.1 Å². The maximum absolute atomic E-state index is 11.0. The summed E-state index contributed by atoms with van der Waals surface area (Å²) in [5, 5.41) is 9.04. The lowest BCUT2D eigenvalue weighted by molar-refractivity contribution is 0.0697. The van der Waals surface area contributed by atoms with Gasteiger partial charge in [-0.1, -0.05) is 11.6 Å². The van der Waals surface area contributed by atoms with Gasteiger partial charge in [-0.05, 0) is 31.2 Å². The van der Waals surface area contributed by atoms with Crippen molar-refractivity contribution in [3.63, 3.8) is 0 Å². The Bertz CT molecular complexity index is 486. The Balaban J connectivity index is 2.63. The Morgan fingerprint density at radius 3 is 2.73 bits per heavy atom. The summed E-state index contributed by atoms with van der Waals surface area (Å²) in [4.78, 5) is 14.0. The van der Waals surface area contributed by atoms with E-state index in [1.165, 1.54) is 0 Å². The molecule has 2 aromatic rings. The van der Waals surface area contributed by atoms with Crippen LogP contribution in [0.4, 0.5) is 0 Å². The number of benzene rings is 1. The van der Waals surface area contributed by atoms with Crippen molar-refractivity contribution in [2.75, 3.05) is 0 Å². The van der Waals surface area contributed by atoms with Gasteiger partial charge in [-0.3, -0.25) is 0 Å². The third kappa shape index (κ3) is 1.76. The zero-order valence-electron chi connectivity index (χ0n) is 8.32. The molecule has 0 atom stereocenters. The maximum Gasteiger partial charge on any atom is 0.336 e. The molecule has 0 radical (unpaired) electrons. The normalized spacial score (nSPS) is 10.2. The zero-order chi connectivity index (χ0) is 10.8. The van der Waals surface area contributed by atoms with E-state index in [0.29, 0.717) is 5.56 Å². The SMILES string of the molecule is Cc1ccc(C(=O)O)c(-c2ccc[nH]2)c1. The van der Waals surface area contributed by atoms with Crippen molar-refractivity contribution >= 4 is 5.97 Å². The summed E-state index contributed by atoms with van der Waals surface area (Å²) >= 11 is 0. The topological polar surface area (TPSA) is 53.1 Å². The van der Waals surface area contributed by atoms with Crippen molar-refractivity contribution in [3.05, 3.63) is 47.7 Å². The van der Waals surface area contributed by atoms with Crippen LogP contribution in [0.15, 0.2) is 36.5 Å². The maximum atomic E-state index is 11.0. The lowest BCUT2D eigenvalue weighted by Crippen LogP contribution is -1.99. The Labute approximate surface area is 87.4 Å². The molecule has 1 heterocycles. The molecule has 0 bridgehead atoms. The second-order valence-corrected chi connectivity index (χ2v) is 3.44. The van der Waals surface area contributed by atoms with Crippen molar-refractivity contribution in [3.8, 4) is 11.3 Å². The number of aromatic nitrogens is 1. The molecule has 1 aromatic carbocycles. The van der Waals surface area contributed by atoms with Gasteiger partial charge in [0.15, 0.2) is 0 Å². The molecule has 76 valence electrons. The van der Waals surface area contributed by atoms with Crippen molar-refractivity contribution in [2.24, 2.45) is 0 Å². The molecule has 0 aliphatic heterocycles. The number of carboxylic acids is 1. The molecule has 15 heavy (non-hydrogen) atoms. The molecule has 3 nitrogen and oxygen atoms in total. The van der Waals surface area contributed by atoms with E-state index in [0.717, 1.165) is 16.8 Å². The highest BCUT2D eigenvalue weighted by Gasteiger charge is 2.11. The molecule has 0 saturated carbocycles. The number of H-pyrrole nitrogens is 1. The van der Waals surface area contributed by atoms with Crippen LogP contribution in [0, 0.1) is 6.92 Å². The minimum Gasteiger partial charge on any atom is -0.478 e. The summed E-state index contributed by atoms with van der Waals surface area (Å²) in [6, 6.07) is 9.02. The van der Waals surface area contributed by atoms with Crippen LogP contribution in [0.1, 0.15) is 15.9 Å². The van der Waals surface area contributed by atoms with Gasteiger partial charge in [0.1, 0.15) is 0 Å². The predicted octanol–water partition coefficient (Wildman–Crippen LogP) is 2.69. The van der Waals surface area contributed by atoms with Gasteiger partial charge in [0.2, 0.25) is 0 Å². The highest BCUT2D eigenvalue weighted by Crippen LogP contribution is 2.23. The molecule has 0 saturated heterocycles. The number of carboxylic acid groups (broad SMARTS) is 1. The van der Waals surface area contributed by atoms with Crippen LogP contribution in [-0.2, 0) is 0 Å². The van der Waals surface area contributed by atoms with Gasteiger partial charge in [-0.15, -0.1) is 0 Å². The highest BCUT2D eigenvalue weighted by atomic mass is 16.4. The minimum atomic E-state index is -0.903. The molecule has 0 fully saturated rings. The first kappa shape index (κ1) is 9.52. The van der Waals surface area contributed by atoms with Gasteiger partial charge in [-0.25, -0.2) is 4.79 Å². The van der Waals surface area contributed by atoms with E-state index in [1.807, 2.05) is 25.1 Å². The van der Waals surface area contributed by atoms with E-state index in [9.17, 15) is 4.79 Å². The Morgan fingerprint density at radius 1 is 1.33 bits per heavy atom. The van der Waals surface area contributed by atoms with Crippen LogP contribution >= 0.6 is 0 Å². The summed E-state index contributed by atoms with van der Waals surface area (Å²) in [6.07, 6.45) is 1.78. The van der Waals surface area contributed by atoms with E-state index >= 15 is 0 Å². The first-order valence-corrected chi connectivity index (χ1v) is 4.66. The number of aryl methyl sites for hydroxylation is 1. The largest absolute Gasteiger partial charge is 0.478 e. The lowest BCUT2D eigenvalue weighted by Gasteiger charge is -2.05. The van der Waals surface area contributed by atoms with Gasteiger partial charge in [-0.2, -0.15) is 0 Å². The summed E-state index contributed by atoms with van der Waals surface area (Å²) < 4.78 is 0. The van der Waals surface area contributed by atoms with Crippen LogP contribution in [0.5, 0.6) is 0 Å². The average Bonchev–Trinajstić information content (AvgIpc) is 2.69. The van der Waals surface area contributed by atoms with E-state index in [2.05, 4.69) is 4.98 Å². The number of hydrogen-bond donors (Lipinski definition) is 2. The number of carbonyl (C=O) groups is 1. The van der Waals surface area contributed by atoms with Crippen LogP contribution in [0.2, 0.25) is 0 Å². The van der Waals surface area contributed by atoms with Gasteiger partial charge in [0, 0.05) is 17.5 Å². The number of nitrogens with one attached hydrogen (secondary N) is 1. The molecular weight excluding hydrogens is 190 g/mol. The van der Waals surface area contributed by atoms with Crippen molar-refractivity contribution in [1.29, 1.82) is 0 Å². The van der Waals surface area contributed by atoms with E-state index in [-0.39, 0.29) is 0 Å². The molecule has 0 aliphatic carbocycles. The summed E-state index contributed by atoms with van der Waals surface area (Å²) in [5.74, 6) is -0.903. The van der Waals surface area contributed by atoms with Crippen molar-refractivity contribution < 1.29 is 9.90 Å². The molecule has 0 amide bonds. The van der Waals surface area contributed by atoms with Crippen LogP contribution in [0.25, 0.3) is 11.3 Å². The fourth-order valence-electron chi connectivity index (χ4n) is 1.57. The monoisotopic (exact) mass is 201 g/mol. The van der Waals surface area contributed by atoms with Gasteiger partial charge in [0.05, 0.1) is 5.56 Å². The Kier molecular flexibility index (Phi) is 2.29. The third-order valence-corrected chi connectivity index (χ3v) is 2.29. The van der Waals surface area contributed by atoms with Gasteiger partial charge in [0.25, 0.3) is 0 Å². The second-order valence-electron chi connectivity index (χ2n) is 3.44. The number of rotatable bonds is 2. The van der Waals surface area contributed by atoms with E-state index < -0.39 is 5.97 Å². The smallest absolute Gasteiger partial charge is 0.336 e. The molecule has 0 spiro atoms. The predicted molar refractivity (Wildman–Crippen MR) is 57.9 cm³/mol. The van der Waals surface area contributed by atoms with E-state index in [1.54, 1.807) is 18.3 Å². The van der Waals surface area contributed by atoms with E-state index in [4.69, 9.17) is 5.11 Å². The summed E-state index contributed by atoms with van der Waals surface area (Å²) in [7, 11) is 0. The second kappa shape index (κ2) is 3.61. The number of aromatic amines is 1. The fourth-order valence-corrected chi connectivity index (χ4v) is 1.57. The quantitative estimate of drug-likeness (QED) is 0.784. The zero-order valence-corrected chi connectivity index (χ0v) is 8.32. The van der Waals surface area contributed by atoms with Gasteiger partial charge < -0.3 is 10.1 Å². The third-order valence-electron chi connectivity index (χ3n) is 2.29. The Morgan fingerprint density at radius 2 is 2.13 bits per heavy atom. The molecule has 2 rings (SSSR count). The summed E-state index contributed by atoms with van der Waals surface area (Å²) in [5.41, 5.74) is 2.93. The van der Waals surface area contributed by atoms with Crippen molar-refractivity contribution in [2.45, 2.75) is 6.92 Å². The highest BCUT2D eigenvalue weighted by molar-refractivity contribution is 5.95. The molecule has 2 N–H and O–H groups in total. The van der Waals surface area contributed by atoms with Crippen molar-refractivity contribution in [1.82, 2.24) is 4.98 Å². The van der Waals surface area contributed by atoms with Crippen LogP contribution < -0.4 is 0 Å². The minimum absolute atomic E-state index is 0.322. The molecule has 1 aromatic heterocycles.